The zero-order chi connectivity index (χ0) is 21.6. The number of carbonyl (C=O) groups excluding carboxylic acids is 2. The Bertz CT molecular complexity index is 920. The van der Waals surface area contributed by atoms with E-state index in [1.165, 1.54) is 6.92 Å². The average molecular weight is 396 g/mol. The summed E-state index contributed by atoms with van der Waals surface area (Å²) in [6.07, 6.45) is 0.865. The Labute approximate surface area is 170 Å². The normalized spacial score (nSPS) is 16.0. The largest absolute Gasteiger partial charge is 0.459 e. The van der Waals surface area contributed by atoms with Crippen LogP contribution < -0.4 is 5.73 Å². The second kappa shape index (κ2) is 9.60. The molecule has 7 nitrogen and oxygen atoms in total. The van der Waals surface area contributed by atoms with E-state index in [1.807, 2.05) is 37.3 Å². The molecule has 0 unspecified atom stereocenters. The van der Waals surface area contributed by atoms with Crippen molar-refractivity contribution in [2.24, 2.45) is 5.73 Å². The van der Waals surface area contributed by atoms with Crippen molar-refractivity contribution in [3.05, 3.63) is 70.3 Å². The summed E-state index contributed by atoms with van der Waals surface area (Å²) in [5.74, 6) is -1.71. The quantitative estimate of drug-likeness (QED) is 0.428. The number of benzene rings is 1. The summed E-state index contributed by atoms with van der Waals surface area (Å²) in [5, 5.41) is 9.60. The SMILES string of the molecule is C=C(C)C(=O)OCCOC(=O)C1=C(C)OC(N)=C(C#N)[C@@H]1c1ccc(CC)cc1. The fraction of sp³-hybridized carbons (Fsp3) is 0.318. The Hall–Kier alpha value is -3.53. The van der Waals surface area contributed by atoms with E-state index in [-0.39, 0.29) is 41.6 Å². The van der Waals surface area contributed by atoms with Gasteiger partial charge in [-0.3, -0.25) is 0 Å². The van der Waals surface area contributed by atoms with E-state index in [4.69, 9.17) is 19.9 Å². The van der Waals surface area contributed by atoms with Crippen LogP contribution in [0.3, 0.4) is 0 Å². The number of nitrogens with two attached hydrogens (primary N) is 1. The predicted molar refractivity (Wildman–Crippen MR) is 106 cm³/mol. The number of esters is 2. The number of carbonyl (C=O) groups is 2. The van der Waals surface area contributed by atoms with E-state index in [2.05, 4.69) is 6.58 Å². The topological polar surface area (TPSA) is 112 Å². The highest BCUT2D eigenvalue weighted by Crippen LogP contribution is 2.39. The van der Waals surface area contributed by atoms with Gasteiger partial charge in [0.15, 0.2) is 0 Å². The molecule has 0 aromatic heterocycles. The first-order chi connectivity index (χ1) is 13.8. The molecule has 0 fully saturated rings. The van der Waals surface area contributed by atoms with Crippen LogP contribution in [-0.2, 0) is 30.2 Å². The number of allylic oxidation sites excluding steroid dienone is 2. The van der Waals surface area contributed by atoms with Gasteiger partial charge < -0.3 is 19.9 Å². The summed E-state index contributed by atoms with van der Waals surface area (Å²) in [6, 6.07) is 9.62. The van der Waals surface area contributed by atoms with E-state index in [1.54, 1.807) is 6.92 Å². The molecule has 152 valence electrons. The maximum absolute atomic E-state index is 12.8. The van der Waals surface area contributed by atoms with E-state index >= 15 is 0 Å². The third kappa shape index (κ3) is 5.05. The molecule has 0 spiro atoms. The molecule has 0 aliphatic carbocycles. The number of hydrogen-bond acceptors (Lipinski definition) is 7. The highest BCUT2D eigenvalue weighted by atomic mass is 16.6. The molecule has 29 heavy (non-hydrogen) atoms. The number of nitrogens with zero attached hydrogens (tertiary/aromatic N) is 1. The van der Waals surface area contributed by atoms with Gasteiger partial charge in [0.2, 0.25) is 5.88 Å². The zero-order valence-electron chi connectivity index (χ0n) is 16.8. The van der Waals surface area contributed by atoms with Gasteiger partial charge in [-0.2, -0.15) is 5.26 Å². The van der Waals surface area contributed by atoms with Crippen LogP contribution in [0.5, 0.6) is 0 Å². The Morgan fingerprint density at radius 3 is 2.41 bits per heavy atom. The maximum Gasteiger partial charge on any atom is 0.338 e. The van der Waals surface area contributed by atoms with Gasteiger partial charge in [-0.05, 0) is 31.4 Å². The van der Waals surface area contributed by atoms with E-state index in [9.17, 15) is 14.9 Å². The van der Waals surface area contributed by atoms with Crippen molar-refractivity contribution in [1.82, 2.24) is 0 Å². The summed E-state index contributed by atoms with van der Waals surface area (Å²) < 4.78 is 15.6. The first-order valence-corrected chi connectivity index (χ1v) is 9.17. The van der Waals surface area contributed by atoms with Crippen LogP contribution in [0.4, 0.5) is 0 Å². The van der Waals surface area contributed by atoms with Gasteiger partial charge in [0.1, 0.15) is 30.6 Å². The Morgan fingerprint density at radius 1 is 1.24 bits per heavy atom. The van der Waals surface area contributed by atoms with Crippen LogP contribution in [0, 0.1) is 11.3 Å². The number of nitriles is 1. The summed E-state index contributed by atoms with van der Waals surface area (Å²) in [4.78, 5) is 24.2. The lowest BCUT2D eigenvalue weighted by Crippen LogP contribution is -2.26. The molecule has 2 rings (SSSR count). The van der Waals surface area contributed by atoms with E-state index < -0.39 is 17.9 Å². The van der Waals surface area contributed by atoms with Gasteiger partial charge in [0.25, 0.3) is 0 Å². The monoisotopic (exact) mass is 396 g/mol. The molecule has 1 aromatic rings. The van der Waals surface area contributed by atoms with Gasteiger partial charge in [-0.25, -0.2) is 9.59 Å². The van der Waals surface area contributed by atoms with Crippen LogP contribution in [-0.4, -0.2) is 25.2 Å². The van der Waals surface area contributed by atoms with Crippen molar-refractivity contribution in [2.75, 3.05) is 13.2 Å². The fourth-order valence-corrected chi connectivity index (χ4v) is 2.89. The van der Waals surface area contributed by atoms with Crippen LogP contribution in [0.1, 0.15) is 37.8 Å². The summed E-state index contributed by atoms with van der Waals surface area (Å²) in [6.45, 7) is 8.38. The molecule has 1 aromatic carbocycles. The fourth-order valence-electron chi connectivity index (χ4n) is 2.89. The minimum Gasteiger partial charge on any atom is -0.459 e. The third-order valence-corrected chi connectivity index (χ3v) is 4.44. The molecular formula is C22H24N2O5. The van der Waals surface area contributed by atoms with Gasteiger partial charge >= 0.3 is 11.9 Å². The lowest BCUT2D eigenvalue weighted by molar-refractivity contribution is -0.147. The molecule has 0 bridgehead atoms. The Morgan fingerprint density at radius 2 is 1.86 bits per heavy atom. The summed E-state index contributed by atoms with van der Waals surface area (Å²) in [7, 11) is 0. The molecule has 7 heteroatoms. The van der Waals surface area contributed by atoms with Crippen molar-refractivity contribution >= 4 is 11.9 Å². The first-order valence-electron chi connectivity index (χ1n) is 9.17. The van der Waals surface area contributed by atoms with Crippen LogP contribution >= 0.6 is 0 Å². The molecule has 0 amide bonds. The van der Waals surface area contributed by atoms with Crippen LogP contribution in [0.2, 0.25) is 0 Å². The average Bonchev–Trinajstić information content (AvgIpc) is 2.70. The number of ether oxygens (including phenoxy) is 3. The van der Waals surface area contributed by atoms with Crippen molar-refractivity contribution in [1.29, 1.82) is 5.26 Å². The molecular weight excluding hydrogens is 372 g/mol. The van der Waals surface area contributed by atoms with Gasteiger partial charge in [0, 0.05) is 5.57 Å². The van der Waals surface area contributed by atoms with E-state index in [0.717, 1.165) is 17.5 Å². The standard InChI is InChI=1S/C22H24N2O5/c1-5-15-6-8-16(9-7-15)19-17(12-23)20(24)29-14(4)18(19)22(26)28-11-10-27-21(25)13(2)3/h6-9,19H,2,5,10-11,24H2,1,3-4H3/t19-/m0/s1. The smallest absolute Gasteiger partial charge is 0.338 e. The summed E-state index contributed by atoms with van der Waals surface area (Å²) in [5.41, 5.74) is 8.33. The minimum absolute atomic E-state index is 0.0403. The molecule has 1 atom stereocenters. The Kier molecular flexibility index (Phi) is 7.21. The number of hydrogen-bond donors (Lipinski definition) is 1. The van der Waals surface area contributed by atoms with Gasteiger partial charge in [0.05, 0.1) is 11.5 Å². The first kappa shape index (κ1) is 21.8. The second-order valence-corrected chi connectivity index (χ2v) is 6.54. The molecule has 0 saturated heterocycles. The van der Waals surface area contributed by atoms with Crippen molar-refractivity contribution in [2.45, 2.75) is 33.1 Å². The maximum atomic E-state index is 12.8. The molecule has 2 N–H and O–H groups in total. The molecule has 0 radical (unpaired) electrons. The lowest BCUT2D eigenvalue weighted by Gasteiger charge is -2.27. The van der Waals surface area contributed by atoms with Crippen LogP contribution in [0.25, 0.3) is 0 Å². The number of aryl methyl sites for hydroxylation is 1. The zero-order valence-corrected chi connectivity index (χ0v) is 16.8. The van der Waals surface area contributed by atoms with Gasteiger partial charge in [-0.15, -0.1) is 0 Å². The second-order valence-electron chi connectivity index (χ2n) is 6.54. The molecule has 1 aliphatic rings. The van der Waals surface area contributed by atoms with Crippen molar-refractivity contribution in [3.63, 3.8) is 0 Å². The van der Waals surface area contributed by atoms with Crippen molar-refractivity contribution < 1.29 is 23.8 Å². The van der Waals surface area contributed by atoms with Crippen LogP contribution in [0.15, 0.2) is 59.2 Å². The highest BCUT2D eigenvalue weighted by Gasteiger charge is 2.36. The molecule has 0 saturated carbocycles. The molecule has 1 heterocycles. The lowest BCUT2D eigenvalue weighted by atomic mass is 9.83. The van der Waals surface area contributed by atoms with Crippen molar-refractivity contribution in [3.8, 4) is 6.07 Å². The number of rotatable bonds is 7. The molecule has 1 aliphatic heterocycles. The minimum atomic E-state index is -0.704. The Balaban J connectivity index is 2.25. The van der Waals surface area contributed by atoms with E-state index in [0.29, 0.717) is 0 Å². The highest BCUT2D eigenvalue weighted by molar-refractivity contribution is 5.92. The van der Waals surface area contributed by atoms with Gasteiger partial charge in [-0.1, -0.05) is 37.8 Å². The predicted octanol–water partition coefficient (Wildman–Crippen LogP) is 2.99. The summed E-state index contributed by atoms with van der Waals surface area (Å²) >= 11 is 0. The third-order valence-electron chi connectivity index (χ3n) is 4.44.